The lowest BCUT2D eigenvalue weighted by molar-refractivity contribution is 0.657. The number of nitrogens with two attached hydrogens (primary N) is 2. The minimum atomic E-state index is -0.329. The van der Waals surface area contributed by atoms with E-state index in [9.17, 15) is 0 Å². The third-order valence-corrected chi connectivity index (χ3v) is 1.54. The van der Waals surface area contributed by atoms with E-state index >= 15 is 0 Å². The largest absolute Gasteiger partial charge is 0.397 e. The first kappa shape index (κ1) is 9.74. The lowest BCUT2D eigenvalue weighted by Gasteiger charge is -2.11. The number of anilines is 1. The van der Waals surface area contributed by atoms with E-state index in [2.05, 4.69) is 4.98 Å². The van der Waals surface area contributed by atoms with Crippen molar-refractivity contribution < 1.29 is 0 Å². The molecule has 3 nitrogen and oxygen atoms in total. The zero-order valence-electron chi connectivity index (χ0n) is 7.99. The third-order valence-electron chi connectivity index (χ3n) is 1.54. The Kier molecular flexibility index (Phi) is 2.68. The van der Waals surface area contributed by atoms with Crippen molar-refractivity contribution in [2.75, 3.05) is 5.73 Å². The van der Waals surface area contributed by atoms with E-state index in [1.807, 2.05) is 32.1 Å². The Morgan fingerprint density at radius 2 is 2.15 bits per heavy atom. The molecule has 0 aliphatic rings. The lowest BCUT2D eigenvalue weighted by Crippen LogP contribution is -2.28. The highest BCUT2D eigenvalue weighted by Gasteiger charge is 2.04. The summed E-state index contributed by atoms with van der Waals surface area (Å²) in [6.07, 6.45) is 5.43. The summed E-state index contributed by atoms with van der Waals surface area (Å²) in [6.45, 7) is 3.84. The monoisotopic (exact) mass is 177 g/mol. The van der Waals surface area contributed by atoms with Crippen LogP contribution in [0.1, 0.15) is 19.5 Å². The van der Waals surface area contributed by atoms with Crippen molar-refractivity contribution in [1.29, 1.82) is 0 Å². The summed E-state index contributed by atoms with van der Waals surface area (Å²) in [4.78, 5) is 4.11. The number of rotatable bonds is 2. The van der Waals surface area contributed by atoms with E-state index in [1.165, 1.54) is 0 Å². The Morgan fingerprint density at radius 3 is 2.69 bits per heavy atom. The SMILES string of the molecule is CC(C)(N)/C=C\c1ncccc1N. The minimum Gasteiger partial charge on any atom is -0.397 e. The van der Waals surface area contributed by atoms with Gasteiger partial charge in [0.25, 0.3) is 0 Å². The molecule has 1 heterocycles. The van der Waals surface area contributed by atoms with Crippen LogP contribution in [0.2, 0.25) is 0 Å². The smallest absolute Gasteiger partial charge is 0.0856 e. The first-order valence-corrected chi connectivity index (χ1v) is 4.18. The van der Waals surface area contributed by atoms with Gasteiger partial charge >= 0.3 is 0 Å². The second kappa shape index (κ2) is 3.58. The maximum Gasteiger partial charge on any atom is 0.0856 e. The molecular weight excluding hydrogens is 162 g/mol. The Bertz CT molecular complexity index is 310. The van der Waals surface area contributed by atoms with Gasteiger partial charge in [-0.05, 0) is 32.1 Å². The van der Waals surface area contributed by atoms with Crippen molar-refractivity contribution in [2.45, 2.75) is 19.4 Å². The second-order valence-corrected chi connectivity index (χ2v) is 3.63. The van der Waals surface area contributed by atoms with Crippen LogP contribution in [0.3, 0.4) is 0 Å². The predicted octanol–water partition coefficient (Wildman–Crippen LogP) is 1.41. The fourth-order valence-electron chi connectivity index (χ4n) is 0.863. The summed E-state index contributed by atoms with van der Waals surface area (Å²) in [7, 11) is 0. The number of nitrogen functional groups attached to an aromatic ring is 1. The fraction of sp³-hybridized carbons (Fsp3) is 0.300. The molecule has 70 valence electrons. The fourth-order valence-corrected chi connectivity index (χ4v) is 0.863. The van der Waals surface area contributed by atoms with Gasteiger partial charge in [0, 0.05) is 11.7 Å². The van der Waals surface area contributed by atoms with Crippen LogP contribution in [0.15, 0.2) is 24.4 Å². The molecule has 0 aliphatic heterocycles. The summed E-state index contributed by atoms with van der Waals surface area (Å²) in [6, 6.07) is 3.62. The van der Waals surface area contributed by atoms with Crippen LogP contribution >= 0.6 is 0 Å². The summed E-state index contributed by atoms with van der Waals surface area (Å²) < 4.78 is 0. The molecule has 0 bridgehead atoms. The molecule has 1 rings (SSSR count). The molecule has 0 saturated heterocycles. The van der Waals surface area contributed by atoms with Crippen molar-refractivity contribution >= 4 is 11.8 Å². The van der Waals surface area contributed by atoms with Gasteiger partial charge in [-0.15, -0.1) is 0 Å². The summed E-state index contributed by atoms with van der Waals surface area (Å²) in [5.74, 6) is 0. The molecular formula is C10H15N3. The van der Waals surface area contributed by atoms with E-state index in [0.717, 1.165) is 5.69 Å². The molecule has 0 spiro atoms. The quantitative estimate of drug-likeness (QED) is 0.718. The van der Waals surface area contributed by atoms with Crippen LogP contribution in [-0.2, 0) is 0 Å². The van der Waals surface area contributed by atoms with Gasteiger partial charge in [0.1, 0.15) is 0 Å². The Morgan fingerprint density at radius 1 is 1.46 bits per heavy atom. The molecule has 0 saturated carbocycles. The van der Waals surface area contributed by atoms with Crippen molar-refractivity contribution in [3.8, 4) is 0 Å². The normalized spacial score (nSPS) is 12.2. The molecule has 13 heavy (non-hydrogen) atoms. The number of nitrogens with zero attached hydrogens (tertiary/aromatic N) is 1. The van der Waals surface area contributed by atoms with Gasteiger partial charge in [0.15, 0.2) is 0 Å². The lowest BCUT2D eigenvalue weighted by atomic mass is 10.1. The van der Waals surface area contributed by atoms with Gasteiger partial charge in [-0.25, -0.2) is 0 Å². The van der Waals surface area contributed by atoms with Crippen molar-refractivity contribution in [2.24, 2.45) is 5.73 Å². The van der Waals surface area contributed by atoms with Gasteiger partial charge in [-0.2, -0.15) is 0 Å². The highest BCUT2D eigenvalue weighted by atomic mass is 14.7. The standard InChI is InChI=1S/C10H15N3/c1-10(2,12)6-5-9-8(11)4-3-7-13-9/h3-7H,11-12H2,1-2H3/b6-5-. The summed E-state index contributed by atoms with van der Waals surface area (Å²) in [5, 5.41) is 0. The van der Waals surface area contributed by atoms with Gasteiger partial charge < -0.3 is 11.5 Å². The molecule has 0 fully saturated rings. The number of hydrogen-bond acceptors (Lipinski definition) is 3. The van der Waals surface area contributed by atoms with E-state index < -0.39 is 0 Å². The van der Waals surface area contributed by atoms with Crippen LogP contribution in [0.25, 0.3) is 6.08 Å². The molecule has 0 radical (unpaired) electrons. The van der Waals surface area contributed by atoms with Crippen molar-refractivity contribution in [3.05, 3.63) is 30.1 Å². The van der Waals surface area contributed by atoms with E-state index in [0.29, 0.717) is 5.69 Å². The average molecular weight is 177 g/mol. The van der Waals surface area contributed by atoms with E-state index in [-0.39, 0.29) is 5.54 Å². The zero-order chi connectivity index (χ0) is 9.90. The average Bonchev–Trinajstić information content (AvgIpc) is 2.01. The van der Waals surface area contributed by atoms with Gasteiger partial charge in [-0.1, -0.05) is 6.08 Å². The van der Waals surface area contributed by atoms with Gasteiger partial charge in [-0.3, -0.25) is 4.98 Å². The summed E-state index contributed by atoms with van der Waals surface area (Å²) in [5.41, 5.74) is 12.6. The summed E-state index contributed by atoms with van der Waals surface area (Å²) >= 11 is 0. The van der Waals surface area contributed by atoms with Crippen molar-refractivity contribution in [1.82, 2.24) is 4.98 Å². The van der Waals surface area contributed by atoms with Gasteiger partial charge in [0.05, 0.1) is 11.4 Å². The minimum absolute atomic E-state index is 0.329. The Hall–Kier alpha value is -1.35. The molecule has 0 atom stereocenters. The van der Waals surface area contributed by atoms with E-state index in [4.69, 9.17) is 11.5 Å². The van der Waals surface area contributed by atoms with E-state index in [1.54, 1.807) is 12.3 Å². The Labute approximate surface area is 78.5 Å². The zero-order valence-corrected chi connectivity index (χ0v) is 7.99. The molecule has 1 aromatic heterocycles. The van der Waals surface area contributed by atoms with Crippen LogP contribution in [0, 0.1) is 0 Å². The molecule has 0 amide bonds. The highest BCUT2D eigenvalue weighted by molar-refractivity contribution is 5.60. The van der Waals surface area contributed by atoms with Crippen LogP contribution in [0.4, 0.5) is 5.69 Å². The Balaban J connectivity index is 2.86. The maximum absolute atomic E-state index is 5.78. The molecule has 4 N–H and O–H groups in total. The van der Waals surface area contributed by atoms with Crippen molar-refractivity contribution in [3.63, 3.8) is 0 Å². The van der Waals surface area contributed by atoms with Crippen LogP contribution in [-0.4, -0.2) is 10.5 Å². The molecule has 3 heteroatoms. The van der Waals surface area contributed by atoms with Gasteiger partial charge in [0.2, 0.25) is 0 Å². The molecule has 0 aromatic carbocycles. The molecule has 1 aromatic rings. The maximum atomic E-state index is 5.78. The number of hydrogen-bond donors (Lipinski definition) is 2. The highest BCUT2D eigenvalue weighted by Crippen LogP contribution is 2.10. The topological polar surface area (TPSA) is 64.9 Å². The third kappa shape index (κ3) is 3.25. The van der Waals surface area contributed by atoms with Crippen LogP contribution < -0.4 is 11.5 Å². The molecule has 0 aliphatic carbocycles. The number of aromatic nitrogens is 1. The molecule has 0 unspecified atom stereocenters. The first-order chi connectivity index (χ1) is 5.99. The van der Waals surface area contributed by atoms with Crippen LogP contribution in [0.5, 0.6) is 0 Å². The first-order valence-electron chi connectivity index (χ1n) is 4.18. The number of pyridine rings is 1. The second-order valence-electron chi connectivity index (χ2n) is 3.63. The predicted molar refractivity (Wildman–Crippen MR) is 55.9 cm³/mol.